The van der Waals surface area contributed by atoms with E-state index in [0.29, 0.717) is 19.0 Å². The number of halogens is 1. The third-order valence-electron chi connectivity index (χ3n) is 2.12. The van der Waals surface area contributed by atoms with Crippen molar-refractivity contribution < 1.29 is 9.53 Å². The monoisotopic (exact) mass is 410 g/mol. The van der Waals surface area contributed by atoms with Gasteiger partial charge in [-0.15, -0.1) is 30.4 Å². The van der Waals surface area contributed by atoms with Crippen LogP contribution in [0.25, 0.3) is 0 Å². The van der Waals surface area contributed by atoms with Crippen LogP contribution in [-0.2, 0) is 4.74 Å². The lowest BCUT2D eigenvalue weighted by Crippen LogP contribution is -2.54. The SMILES string of the molecule is C#CCNC(=NC)NCC(C)(C)NC(=O)OC(C)(C)C.I. The number of rotatable bonds is 4. The van der Waals surface area contributed by atoms with Crippen LogP contribution in [0.15, 0.2) is 4.99 Å². The molecule has 0 aromatic carbocycles. The molecule has 0 aliphatic carbocycles. The van der Waals surface area contributed by atoms with E-state index in [4.69, 9.17) is 11.2 Å². The van der Waals surface area contributed by atoms with E-state index in [-0.39, 0.29) is 24.0 Å². The summed E-state index contributed by atoms with van der Waals surface area (Å²) in [6, 6.07) is 0. The highest BCUT2D eigenvalue weighted by Crippen LogP contribution is 2.08. The van der Waals surface area contributed by atoms with Crippen LogP contribution < -0.4 is 16.0 Å². The summed E-state index contributed by atoms with van der Waals surface area (Å²) in [5.74, 6) is 3.05. The molecule has 0 aromatic rings. The minimum Gasteiger partial charge on any atom is -0.444 e. The van der Waals surface area contributed by atoms with Gasteiger partial charge in [-0.05, 0) is 34.6 Å². The molecule has 0 heterocycles. The molecule has 21 heavy (non-hydrogen) atoms. The molecule has 0 bridgehead atoms. The van der Waals surface area contributed by atoms with Crippen molar-refractivity contribution in [3.8, 4) is 12.3 Å². The van der Waals surface area contributed by atoms with Crippen LogP contribution in [0.2, 0.25) is 0 Å². The Bertz CT molecular complexity index is 395. The fraction of sp³-hybridized carbons (Fsp3) is 0.714. The van der Waals surface area contributed by atoms with Crippen molar-refractivity contribution in [3.63, 3.8) is 0 Å². The largest absolute Gasteiger partial charge is 0.444 e. The van der Waals surface area contributed by atoms with Gasteiger partial charge in [0.25, 0.3) is 0 Å². The third-order valence-corrected chi connectivity index (χ3v) is 2.12. The van der Waals surface area contributed by atoms with Crippen LogP contribution in [-0.4, -0.2) is 43.3 Å². The third kappa shape index (κ3) is 12.3. The first-order chi connectivity index (χ1) is 9.09. The van der Waals surface area contributed by atoms with Gasteiger partial charge >= 0.3 is 6.09 Å². The molecule has 0 aromatic heterocycles. The van der Waals surface area contributed by atoms with Gasteiger partial charge in [-0.2, -0.15) is 0 Å². The molecule has 0 spiro atoms. The smallest absolute Gasteiger partial charge is 0.408 e. The molecule has 0 radical (unpaired) electrons. The molecule has 0 fully saturated rings. The van der Waals surface area contributed by atoms with Crippen LogP contribution in [0.1, 0.15) is 34.6 Å². The van der Waals surface area contributed by atoms with Gasteiger partial charge in [0, 0.05) is 13.6 Å². The van der Waals surface area contributed by atoms with Crippen molar-refractivity contribution in [2.45, 2.75) is 45.8 Å². The second kappa shape index (κ2) is 9.71. The van der Waals surface area contributed by atoms with E-state index >= 15 is 0 Å². The number of hydrogen-bond acceptors (Lipinski definition) is 3. The summed E-state index contributed by atoms with van der Waals surface area (Å²) in [4.78, 5) is 15.7. The summed E-state index contributed by atoms with van der Waals surface area (Å²) in [6.07, 6.45) is 4.72. The normalized spacial score (nSPS) is 11.8. The summed E-state index contributed by atoms with van der Waals surface area (Å²) in [7, 11) is 1.65. The Morgan fingerprint density at radius 1 is 1.24 bits per heavy atom. The zero-order valence-electron chi connectivity index (χ0n) is 13.7. The van der Waals surface area contributed by atoms with Crippen LogP contribution in [0.4, 0.5) is 4.79 Å². The molecule has 122 valence electrons. The minimum atomic E-state index is -0.516. The predicted molar refractivity (Wildman–Crippen MR) is 97.1 cm³/mol. The molecule has 0 unspecified atom stereocenters. The zero-order chi connectivity index (χ0) is 15.8. The number of guanidine groups is 1. The molecule has 0 rings (SSSR count). The number of aliphatic imine (C=N–C) groups is 1. The van der Waals surface area contributed by atoms with Crippen molar-refractivity contribution >= 4 is 36.0 Å². The van der Waals surface area contributed by atoms with E-state index in [1.54, 1.807) is 7.05 Å². The van der Waals surface area contributed by atoms with Gasteiger partial charge in [-0.25, -0.2) is 4.79 Å². The molecule has 7 heteroatoms. The Balaban J connectivity index is 0. The second-order valence-electron chi connectivity index (χ2n) is 5.99. The first kappa shape index (κ1) is 22.1. The fourth-order valence-electron chi connectivity index (χ4n) is 1.28. The quantitative estimate of drug-likeness (QED) is 0.286. The molecule has 0 saturated carbocycles. The van der Waals surface area contributed by atoms with Crippen molar-refractivity contribution in [3.05, 3.63) is 0 Å². The lowest BCUT2D eigenvalue weighted by molar-refractivity contribution is 0.0474. The van der Waals surface area contributed by atoms with Crippen molar-refractivity contribution in [2.75, 3.05) is 20.1 Å². The fourth-order valence-corrected chi connectivity index (χ4v) is 1.28. The van der Waals surface area contributed by atoms with Crippen LogP contribution in [0, 0.1) is 12.3 Å². The number of carbonyl (C=O) groups is 1. The Morgan fingerprint density at radius 3 is 2.24 bits per heavy atom. The molecule has 0 saturated heterocycles. The predicted octanol–water partition coefficient (Wildman–Crippen LogP) is 1.71. The number of carbonyl (C=O) groups excluding carboxylic acids is 1. The first-order valence-electron chi connectivity index (χ1n) is 6.49. The van der Waals surface area contributed by atoms with Crippen molar-refractivity contribution in [2.24, 2.45) is 4.99 Å². The Hall–Kier alpha value is -1.17. The molecular formula is C14H27IN4O2. The number of nitrogens with zero attached hydrogens (tertiary/aromatic N) is 1. The lowest BCUT2D eigenvalue weighted by atomic mass is 10.1. The van der Waals surface area contributed by atoms with Gasteiger partial charge in [0.15, 0.2) is 5.96 Å². The number of terminal acetylenes is 1. The van der Waals surface area contributed by atoms with E-state index < -0.39 is 17.2 Å². The summed E-state index contributed by atoms with van der Waals surface area (Å²) >= 11 is 0. The van der Waals surface area contributed by atoms with Crippen LogP contribution in [0.5, 0.6) is 0 Å². The van der Waals surface area contributed by atoms with Gasteiger partial charge in [-0.1, -0.05) is 5.92 Å². The first-order valence-corrected chi connectivity index (χ1v) is 6.49. The zero-order valence-corrected chi connectivity index (χ0v) is 16.0. The van der Waals surface area contributed by atoms with Crippen molar-refractivity contribution in [1.82, 2.24) is 16.0 Å². The van der Waals surface area contributed by atoms with Crippen LogP contribution >= 0.6 is 24.0 Å². The Kier molecular flexibility index (Phi) is 10.2. The number of nitrogens with one attached hydrogen (secondary N) is 3. The van der Waals surface area contributed by atoms with Gasteiger partial charge in [0.05, 0.1) is 12.1 Å². The number of ether oxygens (including phenoxy) is 1. The number of alkyl carbamates (subject to hydrolysis) is 1. The molecule has 6 nitrogen and oxygen atoms in total. The average molecular weight is 410 g/mol. The summed E-state index contributed by atoms with van der Waals surface area (Å²) in [6.45, 7) is 10.1. The number of amides is 1. The standard InChI is InChI=1S/C14H26N4O2.HI/c1-8-9-16-11(15-7)17-10-14(5,6)18-12(19)20-13(2,3)4;/h1H,9-10H2,2-7H3,(H,18,19)(H2,15,16,17);1H. The van der Waals surface area contributed by atoms with Crippen LogP contribution in [0.3, 0.4) is 0 Å². The van der Waals surface area contributed by atoms with Gasteiger partial charge < -0.3 is 20.7 Å². The molecule has 1 amide bonds. The van der Waals surface area contributed by atoms with E-state index in [0.717, 1.165) is 0 Å². The van der Waals surface area contributed by atoms with Crippen molar-refractivity contribution in [1.29, 1.82) is 0 Å². The summed E-state index contributed by atoms with van der Waals surface area (Å²) < 4.78 is 5.22. The van der Waals surface area contributed by atoms with E-state index in [2.05, 4.69) is 26.9 Å². The van der Waals surface area contributed by atoms with Gasteiger partial charge in [0.2, 0.25) is 0 Å². The van der Waals surface area contributed by atoms with E-state index in [1.807, 2.05) is 34.6 Å². The molecular weight excluding hydrogens is 383 g/mol. The topological polar surface area (TPSA) is 74.8 Å². The van der Waals surface area contributed by atoms with E-state index in [9.17, 15) is 4.79 Å². The highest BCUT2D eigenvalue weighted by atomic mass is 127. The number of hydrogen-bond donors (Lipinski definition) is 3. The minimum absolute atomic E-state index is 0. The Labute approximate surface area is 144 Å². The molecule has 0 atom stereocenters. The Morgan fingerprint density at radius 2 is 1.81 bits per heavy atom. The van der Waals surface area contributed by atoms with Gasteiger partial charge in [-0.3, -0.25) is 4.99 Å². The van der Waals surface area contributed by atoms with Gasteiger partial charge in [0.1, 0.15) is 5.60 Å². The molecule has 0 aliphatic rings. The summed E-state index contributed by atoms with van der Waals surface area (Å²) in [5.41, 5.74) is -1.01. The second-order valence-corrected chi connectivity index (χ2v) is 5.99. The maximum atomic E-state index is 11.7. The molecule has 0 aliphatic heterocycles. The highest BCUT2D eigenvalue weighted by Gasteiger charge is 2.24. The maximum Gasteiger partial charge on any atom is 0.408 e. The highest BCUT2D eigenvalue weighted by molar-refractivity contribution is 14.0. The maximum absolute atomic E-state index is 11.7. The molecule has 3 N–H and O–H groups in total. The summed E-state index contributed by atoms with van der Waals surface area (Å²) in [5, 5.41) is 8.83. The lowest BCUT2D eigenvalue weighted by Gasteiger charge is -2.29. The van der Waals surface area contributed by atoms with E-state index in [1.165, 1.54) is 0 Å². The average Bonchev–Trinajstić information content (AvgIpc) is 2.25.